The van der Waals surface area contributed by atoms with Gasteiger partial charge in [0.05, 0.1) is 0 Å². The Morgan fingerprint density at radius 2 is 1.65 bits per heavy atom. The second-order valence-corrected chi connectivity index (χ2v) is 7.71. The van der Waals surface area contributed by atoms with Gasteiger partial charge in [-0.3, -0.25) is 0 Å². The average molecular weight is 253 g/mol. The standard InChI is InChI=1S/C13H19NO2S/c1-12(2,3)14-17(15,16)13(9-10-13)11-7-5-4-6-8-11/h4-8,14H,9-10H2,1-3H3. The fourth-order valence-electron chi connectivity index (χ4n) is 2.07. The first-order chi connectivity index (χ1) is 7.77. The molecule has 0 amide bonds. The Kier molecular flexibility index (Phi) is 2.83. The molecule has 1 N–H and O–H groups in total. The van der Waals surface area contributed by atoms with E-state index in [2.05, 4.69) is 4.72 Å². The van der Waals surface area contributed by atoms with Gasteiger partial charge in [-0.1, -0.05) is 30.3 Å². The molecule has 0 atom stereocenters. The molecule has 3 nitrogen and oxygen atoms in total. The summed E-state index contributed by atoms with van der Waals surface area (Å²) >= 11 is 0. The van der Waals surface area contributed by atoms with Crippen LogP contribution in [0.1, 0.15) is 39.2 Å². The van der Waals surface area contributed by atoms with Crippen LogP contribution >= 0.6 is 0 Å². The highest BCUT2D eigenvalue weighted by molar-refractivity contribution is 7.90. The van der Waals surface area contributed by atoms with Crippen molar-refractivity contribution in [1.29, 1.82) is 0 Å². The molecule has 1 saturated carbocycles. The van der Waals surface area contributed by atoms with Crippen molar-refractivity contribution in [2.24, 2.45) is 0 Å². The number of hydrogen-bond donors (Lipinski definition) is 1. The molecule has 0 unspecified atom stereocenters. The first kappa shape index (κ1) is 12.6. The summed E-state index contributed by atoms with van der Waals surface area (Å²) in [6, 6.07) is 9.48. The van der Waals surface area contributed by atoms with Crippen molar-refractivity contribution in [3.8, 4) is 0 Å². The lowest BCUT2D eigenvalue weighted by Crippen LogP contribution is -2.45. The summed E-state index contributed by atoms with van der Waals surface area (Å²) in [7, 11) is -3.31. The van der Waals surface area contributed by atoms with Gasteiger partial charge in [-0.2, -0.15) is 0 Å². The van der Waals surface area contributed by atoms with Crippen LogP contribution in [0.15, 0.2) is 30.3 Å². The molecule has 1 aliphatic carbocycles. The van der Waals surface area contributed by atoms with Crippen LogP contribution < -0.4 is 4.72 Å². The SMILES string of the molecule is CC(C)(C)NS(=O)(=O)C1(c2ccccc2)CC1. The van der Waals surface area contributed by atoms with Crippen molar-refractivity contribution < 1.29 is 8.42 Å². The topological polar surface area (TPSA) is 46.2 Å². The van der Waals surface area contributed by atoms with Crippen molar-refractivity contribution in [1.82, 2.24) is 4.72 Å². The molecule has 0 aromatic heterocycles. The predicted octanol–water partition coefficient (Wildman–Crippen LogP) is 2.39. The van der Waals surface area contributed by atoms with E-state index in [1.165, 1.54) is 0 Å². The molecule has 1 aliphatic rings. The summed E-state index contributed by atoms with van der Waals surface area (Å²) in [6.07, 6.45) is 1.42. The number of rotatable bonds is 3. The monoisotopic (exact) mass is 253 g/mol. The van der Waals surface area contributed by atoms with Crippen LogP contribution in [0.25, 0.3) is 0 Å². The molecule has 94 valence electrons. The minimum Gasteiger partial charge on any atom is -0.211 e. The predicted molar refractivity (Wildman–Crippen MR) is 69.2 cm³/mol. The zero-order chi connectivity index (χ0) is 12.7. The molecule has 0 saturated heterocycles. The van der Waals surface area contributed by atoms with Gasteiger partial charge in [0.25, 0.3) is 0 Å². The Hall–Kier alpha value is -0.870. The molecule has 2 rings (SSSR count). The highest BCUT2D eigenvalue weighted by atomic mass is 32.2. The molecule has 0 heterocycles. The van der Waals surface area contributed by atoms with Gasteiger partial charge in [0.15, 0.2) is 0 Å². The van der Waals surface area contributed by atoms with Gasteiger partial charge >= 0.3 is 0 Å². The van der Waals surface area contributed by atoms with Crippen molar-refractivity contribution in [2.45, 2.75) is 43.9 Å². The Morgan fingerprint density at radius 3 is 2.06 bits per heavy atom. The number of hydrogen-bond acceptors (Lipinski definition) is 2. The van der Waals surface area contributed by atoms with Crippen LogP contribution in [0.5, 0.6) is 0 Å². The van der Waals surface area contributed by atoms with Gasteiger partial charge < -0.3 is 0 Å². The quantitative estimate of drug-likeness (QED) is 0.899. The molecular formula is C13H19NO2S. The third kappa shape index (κ3) is 2.38. The van der Waals surface area contributed by atoms with E-state index < -0.39 is 20.3 Å². The normalized spacial score (nSPS) is 19.0. The zero-order valence-electron chi connectivity index (χ0n) is 10.5. The summed E-state index contributed by atoms with van der Waals surface area (Å²) in [5.74, 6) is 0. The van der Waals surface area contributed by atoms with E-state index in [-0.39, 0.29) is 0 Å². The van der Waals surface area contributed by atoms with E-state index in [9.17, 15) is 8.42 Å². The van der Waals surface area contributed by atoms with Crippen molar-refractivity contribution in [3.05, 3.63) is 35.9 Å². The summed E-state index contributed by atoms with van der Waals surface area (Å²) in [5.41, 5.74) is 0.472. The number of sulfonamides is 1. The first-order valence-electron chi connectivity index (χ1n) is 5.86. The molecule has 0 bridgehead atoms. The van der Waals surface area contributed by atoms with Crippen molar-refractivity contribution in [3.63, 3.8) is 0 Å². The Balaban J connectivity index is 2.35. The average Bonchev–Trinajstić information content (AvgIpc) is 2.96. The Labute approximate surface area is 103 Å². The highest BCUT2D eigenvalue weighted by Gasteiger charge is 2.56. The van der Waals surface area contributed by atoms with E-state index >= 15 is 0 Å². The minimum atomic E-state index is -3.31. The minimum absolute atomic E-state index is 0.427. The summed E-state index contributed by atoms with van der Waals surface area (Å²) in [4.78, 5) is 0. The van der Waals surface area contributed by atoms with E-state index in [1.807, 2.05) is 51.1 Å². The van der Waals surface area contributed by atoms with E-state index in [4.69, 9.17) is 0 Å². The van der Waals surface area contributed by atoms with Gasteiger partial charge in [-0.05, 0) is 39.2 Å². The lowest BCUT2D eigenvalue weighted by Gasteiger charge is -2.25. The third-order valence-corrected chi connectivity index (χ3v) is 5.51. The Morgan fingerprint density at radius 1 is 1.12 bits per heavy atom. The maximum atomic E-state index is 12.4. The third-order valence-electron chi connectivity index (χ3n) is 2.96. The zero-order valence-corrected chi connectivity index (χ0v) is 11.3. The molecule has 0 radical (unpaired) electrons. The smallest absolute Gasteiger partial charge is 0.211 e. The molecule has 0 spiro atoms. The molecule has 17 heavy (non-hydrogen) atoms. The van der Waals surface area contributed by atoms with Gasteiger partial charge in [-0.15, -0.1) is 0 Å². The summed E-state index contributed by atoms with van der Waals surface area (Å²) in [6.45, 7) is 5.60. The van der Waals surface area contributed by atoms with E-state index in [0.29, 0.717) is 12.8 Å². The van der Waals surface area contributed by atoms with Crippen LogP contribution in [0, 0.1) is 0 Å². The molecular weight excluding hydrogens is 234 g/mol. The number of benzene rings is 1. The highest BCUT2D eigenvalue weighted by Crippen LogP contribution is 2.52. The lowest BCUT2D eigenvalue weighted by atomic mass is 10.1. The fourth-order valence-corrected chi connectivity index (χ4v) is 4.16. The number of nitrogens with one attached hydrogen (secondary N) is 1. The second-order valence-electron chi connectivity index (χ2n) is 5.72. The molecule has 4 heteroatoms. The van der Waals surface area contributed by atoms with Crippen molar-refractivity contribution >= 4 is 10.0 Å². The second kappa shape index (κ2) is 3.82. The van der Waals surface area contributed by atoms with Gasteiger partial charge in [0.2, 0.25) is 10.0 Å². The van der Waals surface area contributed by atoms with Gasteiger partial charge in [-0.25, -0.2) is 13.1 Å². The van der Waals surface area contributed by atoms with Crippen LogP contribution in [-0.4, -0.2) is 14.0 Å². The first-order valence-corrected chi connectivity index (χ1v) is 7.34. The lowest BCUT2D eigenvalue weighted by molar-refractivity contribution is 0.482. The molecule has 1 aromatic carbocycles. The Bertz CT molecular complexity index is 496. The maximum absolute atomic E-state index is 12.4. The molecule has 0 aliphatic heterocycles. The van der Waals surface area contributed by atoms with Gasteiger partial charge in [0, 0.05) is 5.54 Å². The summed E-state index contributed by atoms with van der Waals surface area (Å²) < 4.78 is 26.9. The maximum Gasteiger partial charge on any atom is 0.222 e. The van der Waals surface area contributed by atoms with Gasteiger partial charge in [0.1, 0.15) is 4.75 Å². The largest absolute Gasteiger partial charge is 0.222 e. The molecule has 1 aromatic rings. The molecule has 1 fully saturated rings. The fraction of sp³-hybridized carbons (Fsp3) is 0.538. The van der Waals surface area contributed by atoms with E-state index in [1.54, 1.807) is 0 Å². The van der Waals surface area contributed by atoms with Crippen LogP contribution in [-0.2, 0) is 14.8 Å². The van der Waals surface area contributed by atoms with E-state index in [0.717, 1.165) is 5.56 Å². The van der Waals surface area contributed by atoms with Crippen LogP contribution in [0.3, 0.4) is 0 Å². The van der Waals surface area contributed by atoms with Crippen molar-refractivity contribution in [2.75, 3.05) is 0 Å². The van der Waals surface area contributed by atoms with Crippen LogP contribution in [0.4, 0.5) is 0 Å². The summed E-state index contributed by atoms with van der Waals surface area (Å²) in [5, 5.41) is 0. The van der Waals surface area contributed by atoms with Crippen LogP contribution in [0.2, 0.25) is 0 Å².